The maximum Gasteiger partial charge on any atom is 0.227 e. The Morgan fingerprint density at radius 1 is 1.28 bits per heavy atom. The Bertz CT molecular complexity index is 918. The van der Waals surface area contributed by atoms with Crippen molar-refractivity contribution in [3.63, 3.8) is 0 Å². The molecule has 0 aliphatic heterocycles. The molecule has 0 aliphatic carbocycles. The molecule has 3 rings (SSSR count). The van der Waals surface area contributed by atoms with Crippen LogP contribution in [0.3, 0.4) is 0 Å². The van der Waals surface area contributed by atoms with Crippen molar-refractivity contribution in [2.24, 2.45) is 5.92 Å². The molecule has 0 fully saturated rings. The number of ether oxygens (including phenoxy) is 1. The van der Waals surface area contributed by atoms with E-state index in [1.807, 2.05) is 50.2 Å². The first-order valence-electron chi connectivity index (χ1n) is 8.00. The van der Waals surface area contributed by atoms with Gasteiger partial charge in [-0.05, 0) is 58.2 Å². The van der Waals surface area contributed by atoms with E-state index in [4.69, 9.17) is 9.15 Å². The van der Waals surface area contributed by atoms with Crippen LogP contribution in [0.5, 0.6) is 5.75 Å². The number of rotatable bonds is 5. The van der Waals surface area contributed by atoms with Gasteiger partial charge in [0.25, 0.3) is 0 Å². The molecule has 0 saturated carbocycles. The Hall–Kier alpha value is -2.34. The average molecular weight is 403 g/mol. The van der Waals surface area contributed by atoms with Gasteiger partial charge >= 0.3 is 0 Å². The minimum atomic E-state index is -0.00264. The monoisotopic (exact) mass is 402 g/mol. The number of carbonyl (C=O) groups excluding carboxylic acids is 1. The minimum Gasteiger partial charge on any atom is -0.496 e. The van der Waals surface area contributed by atoms with Gasteiger partial charge in [-0.25, -0.2) is 4.98 Å². The summed E-state index contributed by atoms with van der Waals surface area (Å²) in [5, 5.41) is 2.89. The molecule has 0 bridgehead atoms. The first-order valence-corrected chi connectivity index (χ1v) is 8.80. The van der Waals surface area contributed by atoms with Crippen LogP contribution < -0.4 is 10.1 Å². The van der Waals surface area contributed by atoms with Crippen molar-refractivity contribution in [2.45, 2.75) is 20.3 Å². The molecule has 1 aromatic heterocycles. The van der Waals surface area contributed by atoms with Crippen molar-refractivity contribution < 1.29 is 13.9 Å². The molecule has 0 unspecified atom stereocenters. The first-order chi connectivity index (χ1) is 12.0. The Morgan fingerprint density at radius 2 is 2.08 bits per heavy atom. The van der Waals surface area contributed by atoms with E-state index in [-0.39, 0.29) is 5.91 Å². The van der Waals surface area contributed by atoms with Gasteiger partial charge in [0.1, 0.15) is 11.3 Å². The molecule has 1 amide bonds. The summed E-state index contributed by atoms with van der Waals surface area (Å²) in [4.78, 5) is 16.4. The Kier molecular flexibility index (Phi) is 5.08. The highest BCUT2D eigenvalue weighted by atomic mass is 79.9. The number of oxazole rings is 1. The van der Waals surface area contributed by atoms with Crippen molar-refractivity contribution in [3.8, 4) is 17.2 Å². The third-order valence-electron chi connectivity index (χ3n) is 3.66. The van der Waals surface area contributed by atoms with Gasteiger partial charge in [0.05, 0.1) is 11.6 Å². The maximum atomic E-state index is 11.9. The fourth-order valence-electron chi connectivity index (χ4n) is 2.51. The molecular formula is C19H19BrN2O3. The predicted octanol–water partition coefficient (Wildman–Crippen LogP) is 5.25. The molecule has 2 aromatic carbocycles. The minimum absolute atomic E-state index is 0.00264. The summed E-state index contributed by atoms with van der Waals surface area (Å²) in [7, 11) is 1.62. The van der Waals surface area contributed by atoms with Crippen molar-refractivity contribution in [1.29, 1.82) is 0 Å². The third-order valence-corrected chi connectivity index (χ3v) is 4.28. The number of nitrogens with zero attached hydrogens (tertiary/aromatic N) is 1. The van der Waals surface area contributed by atoms with Crippen LogP contribution in [0.1, 0.15) is 20.3 Å². The maximum absolute atomic E-state index is 11.9. The van der Waals surface area contributed by atoms with E-state index in [0.717, 1.165) is 15.8 Å². The van der Waals surface area contributed by atoms with Gasteiger partial charge in [-0.1, -0.05) is 13.8 Å². The first kappa shape index (κ1) is 17.5. The molecule has 0 aliphatic rings. The summed E-state index contributed by atoms with van der Waals surface area (Å²) in [6.45, 7) is 4.03. The summed E-state index contributed by atoms with van der Waals surface area (Å²) in [5.41, 5.74) is 2.93. The average Bonchev–Trinajstić information content (AvgIpc) is 2.97. The van der Waals surface area contributed by atoms with Gasteiger partial charge in [0.2, 0.25) is 11.8 Å². The molecule has 0 spiro atoms. The molecule has 130 valence electrons. The van der Waals surface area contributed by atoms with E-state index in [2.05, 4.69) is 26.2 Å². The van der Waals surface area contributed by atoms with E-state index < -0.39 is 0 Å². The number of benzene rings is 2. The lowest BCUT2D eigenvalue weighted by Crippen LogP contribution is -2.13. The van der Waals surface area contributed by atoms with Crippen molar-refractivity contribution in [2.75, 3.05) is 12.4 Å². The Morgan fingerprint density at radius 3 is 2.76 bits per heavy atom. The molecule has 5 nitrogen and oxygen atoms in total. The molecule has 25 heavy (non-hydrogen) atoms. The van der Waals surface area contributed by atoms with E-state index >= 15 is 0 Å². The van der Waals surface area contributed by atoms with E-state index in [1.54, 1.807) is 7.11 Å². The number of nitrogens with one attached hydrogen (secondary N) is 1. The number of hydrogen-bond acceptors (Lipinski definition) is 4. The van der Waals surface area contributed by atoms with E-state index in [1.165, 1.54) is 0 Å². The molecular weight excluding hydrogens is 384 g/mol. The molecule has 3 aromatic rings. The van der Waals surface area contributed by atoms with Crippen LogP contribution >= 0.6 is 15.9 Å². The highest BCUT2D eigenvalue weighted by Gasteiger charge is 2.12. The number of amides is 1. The fourth-order valence-corrected chi connectivity index (χ4v) is 3.05. The summed E-state index contributed by atoms with van der Waals surface area (Å²) in [6.07, 6.45) is 0.488. The van der Waals surface area contributed by atoms with Crippen LogP contribution in [-0.4, -0.2) is 18.0 Å². The highest BCUT2D eigenvalue weighted by molar-refractivity contribution is 9.10. The second-order valence-electron chi connectivity index (χ2n) is 6.20. The molecule has 1 N–H and O–H groups in total. The Balaban J connectivity index is 1.87. The topological polar surface area (TPSA) is 64.4 Å². The lowest BCUT2D eigenvalue weighted by atomic mass is 10.1. The number of halogens is 1. The number of aromatic nitrogens is 1. The number of carbonyl (C=O) groups is 1. The highest BCUT2D eigenvalue weighted by Crippen LogP contribution is 2.32. The lowest BCUT2D eigenvalue weighted by Gasteiger charge is -2.06. The normalized spacial score (nSPS) is 11.1. The fraction of sp³-hybridized carbons (Fsp3) is 0.263. The Labute approximate surface area is 154 Å². The predicted molar refractivity (Wildman–Crippen MR) is 102 cm³/mol. The summed E-state index contributed by atoms with van der Waals surface area (Å²) >= 11 is 3.46. The summed E-state index contributed by atoms with van der Waals surface area (Å²) in [6, 6.07) is 11.1. The van der Waals surface area contributed by atoms with Gasteiger partial charge in [-0.2, -0.15) is 0 Å². The molecule has 0 radical (unpaired) electrons. The number of anilines is 1. The zero-order valence-corrected chi connectivity index (χ0v) is 15.9. The van der Waals surface area contributed by atoms with Crippen molar-refractivity contribution >= 4 is 38.6 Å². The molecule has 1 heterocycles. The van der Waals surface area contributed by atoms with E-state index in [0.29, 0.717) is 35.0 Å². The zero-order chi connectivity index (χ0) is 18.0. The van der Waals surface area contributed by atoms with Crippen molar-refractivity contribution in [1.82, 2.24) is 4.98 Å². The van der Waals surface area contributed by atoms with Gasteiger partial charge in [0, 0.05) is 17.7 Å². The second kappa shape index (κ2) is 7.27. The van der Waals surface area contributed by atoms with Gasteiger partial charge in [-0.3, -0.25) is 4.79 Å². The zero-order valence-electron chi connectivity index (χ0n) is 14.3. The van der Waals surface area contributed by atoms with Gasteiger partial charge in [-0.15, -0.1) is 0 Å². The van der Waals surface area contributed by atoms with Crippen molar-refractivity contribution in [3.05, 3.63) is 40.9 Å². The third kappa shape index (κ3) is 4.02. The van der Waals surface area contributed by atoms with Crippen LogP contribution in [0.25, 0.3) is 22.6 Å². The van der Waals surface area contributed by atoms with Crippen LogP contribution in [0.4, 0.5) is 5.69 Å². The smallest absolute Gasteiger partial charge is 0.227 e. The summed E-state index contributed by atoms with van der Waals surface area (Å²) in [5.74, 6) is 1.58. The number of hydrogen-bond donors (Lipinski definition) is 1. The number of fused-ring (bicyclic) bond motifs is 1. The number of methoxy groups -OCH3 is 1. The van der Waals surface area contributed by atoms with Crippen LogP contribution in [0.2, 0.25) is 0 Å². The molecule has 0 atom stereocenters. The standard InChI is InChI=1S/C19H19BrN2O3/c1-11(2)8-18(23)21-13-5-7-17-15(10-13)22-19(25-17)12-4-6-16(24-3)14(20)9-12/h4-7,9-11H,8H2,1-3H3,(H,21,23). The van der Waals surface area contributed by atoms with Crippen LogP contribution in [0, 0.1) is 5.92 Å². The van der Waals surface area contributed by atoms with Crippen LogP contribution in [0.15, 0.2) is 45.3 Å². The van der Waals surface area contributed by atoms with Gasteiger partial charge in [0.15, 0.2) is 5.58 Å². The quantitative estimate of drug-likeness (QED) is 0.632. The van der Waals surface area contributed by atoms with Crippen LogP contribution in [-0.2, 0) is 4.79 Å². The lowest BCUT2D eigenvalue weighted by molar-refractivity contribution is -0.116. The molecule has 6 heteroatoms. The van der Waals surface area contributed by atoms with E-state index in [9.17, 15) is 4.79 Å². The van der Waals surface area contributed by atoms with Gasteiger partial charge < -0.3 is 14.5 Å². The molecule has 0 saturated heterocycles. The second-order valence-corrected chi connectivity index (χ2v) is 7.05. The largest absolute Gasteiger partial charge is 0.496 e. The SMILES string of the molecule is COc1ccc(-c2nc3cc(NC(=O)CC(C)C)ccc3o2)cc1Br. The summed E-state index contributed by atoms with van der Waals surface area (Å²) < 4.78 is 11.9.